The number of nitrogens with two attached hydrogens (primary N) is 1. The first-order valence-corrected chi connectivity index (χ1v) is 5.85. The molecule has 0 aliphatic rings. The standard InChI is InChI=1S/C9H21NS/c1-2-3-4-5-6-7-8-11-9-10/h2-10H2,1H3. The smallest absolute Gasteiger partial charge is 0.0392 e. The van der Waals surface area contributed by atoms with Gasteiger partial charge >= 0.3 is 0 Å². The number of rotatable bonds is 8. The number of thioether (sulfide) groups is 1. The average molecular weight is 175 g/mol. The average Bonchev–Trinajstić information content (AvgIpc) is 2.03. The monoisotopic (exact) mass is 175 g/mol. The van der Waals surface area contributed by atoms with E-state index in [0.29, 0.717) is 0 Å². The van der Waals surface area contributed by atoms with Gasteiger partial charge in [0.05, 0.1) is 0 Å². The van der Waals surface area contributed by atoms with Crippen molar-refractivity contribution in [2.45, 2.75) is 45.4 Å². The molecule has 2 heteroatoms. The van der Waals surface area contributed by atoms with Crippen molar-refractivity contribution in [3.63, 3.8) is 0 Å². The molecule has 11 heavy (non-hydrogen) atoms. The Morgan fingerprint density at radius 2 is 1.64 bits per heavy atom. The van der Waals surface area contributed by atoms with Gasteiger partial charge in [0.15, 0.2) is 0 Å². The van der Waals surface area contributed by atoms with Crippen molar-refractivity contribution in [1.82, 2.24) is 0 Å². The molecule has 0 fully saturated rings. The Morgan fingerprint density at radius 1 is 1.00 bits per heavy atom. The Bertz CT molecular complexity index is 58.6. The summed E-state index contributed by atoms with van der Waals surface area (Å²) in [4.78, 5) is 0. The van der Waals surface area contributed by atoms with Crippen molar-refractivity contribution >= 4 is 11.8 Å². The fourth-order valence-electron chi connectivity index (χ4n) is 1.07. The van der Waals surface area contributed by atoms with Gasteiger partial charge in [-0.25, -0.2) is 0 Å². The second-order valence-corrected chi connectivity index (χ2v) is 3.99. The fourth-order valence-corrected chi connectivity index (χ4v) is 1.64. The first-order valence-electron chi connectivity index (χ1n) is 4.69. The summed E-state index contributed by atoms with van der Waals surface area (Å²) in [5, 5.41) is 0. The highest BCUT2D eigenvalue weighted by molar-refractivity contribution is 7.99. The van der Waals surface area contributed by atoms with E-state index >= 15 is 0 Å². The predicted molar refractivity (Wildman–Crippen MR) is 54.9 cm³/mol. The maximum Gasteiger partial charge on any atom is 0.0392 e. The molecule has 0 aromatic carbocycles. The third-order valence-electron chi connectivity index (χ3n) is 1.76. The summed E-state index contributed by atoms with van der Waals surface area (Å²) in [6.07, 6.45) is 8.34. The van der Waals surface area contributed by atoms with Gasteiger partial charge in [-0.15, -0.1) is 11.8 Å². The number of unbranched alkanes of at least 4 members (excludes halogenated alkanes) is 5. The minimum atomic E-state index is 0.787. The molecular weight excluding hydrogens is 154 g/mol. The SMILES string of the molecule is CCCCCCCCSCN. The van der Waals surface area contributed by atoms with E-state index in [-0.39, 0.29) is 0 Å². The van der Waals surface area contributed by atoms with Crippen molar-refractivity contribution < 1.29 is 0 Å². The van der Waals surface area contributed by atoms with Crippen LogP contribution in [0.25, 0.3) is 0 Å². The lowest BCUT2D eigenvalue weighted by Crippen LogP contribution is -1.93. The molecule has 0 rings (SSSR count). The highest BCUT2D eigenvalue weighted by Gasteiger charge is 1.89. The molecule has 0 aromatic rings. The van der Waals surface area contributed by atoms with E-state index in [2.05, 4.69) is 6.92 Å². The molecule has 0 heterocycles. The van der Waals surface area contributed by atoms with E-state index in [0.717, 1.165) is 5.88 Å². The van der Waals surface area contributed by atoms with Gasteiger partial charge in [0.25, 0.3) is 0 Å². The molecule has 0 spiro atoms. The van der Waals surface area contributed by atoms with Crippen LogP contribution in [0, 0.1) is 0 Å². The van der Waals surface area contributed by atoms with Crippen molar-refractivity contribution in [2.24, 2.45) is 5.73 Å². The third-order valence-corrected chi connectivity index (χ3v) is 2.57. The molecule has 1 nitrogen and oxygen atoms in total. The van der Waals surface area contributed by atoms with Crippen LogP contribution in [-0.4, -0.2) is 11.6 Å². The van der Waals surface area contributed by atoms with Crippen molar-refractivity contribution in [1.29, 1.82) is 0 Å². The molecular formula is C9H21NS. The van der Waals surface area contributed by atoms with Gasteiger partial charge in [-0.1, -0.05) is 39.0 Å². The largest absolute Gasteiger partial charge is 0.322 e. The summed E-state index contributed by atoms with van der Waals surface area (Å²) >= 11 is 1.85. The number of hydrogen-bond donors (Lipinski definition) is 1. The first kappa shape index (κ1) is 11.3. The van der Waals surface area contributed by atoms with Crippen LogP contribution in [-0.2, 0) is 0 Å². The van der Waals surface area contributed by atoms with Gasteiger partial charge in [-0.2, -0.15) is 0 Å². The lowest BCUT2D eigenvalue weighted by Gasteiger charge is -1.98. The second-order valence-electron chi connectivity index (χ2n) is 2.84. The molecule has 0 unspecified atom stereocenters. The normalized spacial score (nSPS) is 10.4. The van der Waals surface area contributed by atoms with Crippen LogP contribution < -0.4 is 5.73 Å². The molecule has 0 amide bonds. The van der Waals surface area contributed by atoms with Gasteiger partial charge in [-0.05, 0) is 12.2 Å². The van der Waals surface area contributed by atoms with E-state index in [1.54, 1.807) is 0 Å². The first-order chi connectivity index (χ1) is 5.41. The molecule has 68 valence electrons. The Hall–Kier alpha value is 0.310. The molecule has 2 N–H and O–H groups in total. The summed E-state index contributed by atoms with van der Waals surface area (Å²) in [7, 11) is 0. The minimum Gasteiger partial charge on any atom is -0.322 e. The molecule has 0 saturated carbocycles. The third kappa shape index (κ3) is 10.3. The quantitative estimate of drug-likeness (QED) is 0.453. The zero-order valence-electron chi connectivity index (χ0n) is 7.64. The van der Waals surface area contributed by atoms with Crippen LogP contribution >= 0.6 is 11.8 Å². The molecule has 0 aliphatic carbocycles. The maximum atomic E-state index is 5.35. The molecule has 0 atom stereocenters. The summed E-state index contributed by atoms with van der Waals surface area (Å²) in [6.45, 7) is 2.25. The second kappa shape index (κ2) is 10.3. The highest BCUT2D eigenvalue weighted by atomic mass is 32.2. The van der Waals surface area contributed by atoms with E-state index < -0.39 is 0 Å². The summed E-state index contributed by atoms with van der Waals surface area (Å²) in [6, 6.07) is 0. The molecule has 0 radical (unpaired) electrons. The van der Waals surface area contributed by atoms with E-state index in [4.69, 9.17) is 5.73 Å². The Balaban J connectivity index is 2.69. The Labute approximate surface area is 75.1 Å². The predicted octanol–water partition coefficient (Wildman–Crippen LogP) is 3.00. The van der Waals surface area contributed by atoms with Crippen molar-refractivity contribution in [3.8, 4) is 0 Å². The van der Waals surface area contributed by atoms with Gasteiger partial charge in [0.2, 0.25) is 0 Å². The molecule has 0 bridgehead atoms. The lowest BCUT2D eigenvalue weighted by atomic mass is 10.1. The highest BCUT2D eigenvalue weighted by Crippen LogP contribution is 2.07. The maximum absolute atomic E-state index is 5.35. The van der Waals surface area contributed by atoms with Gasteiger partial charge < -0.3 is 5.73 Å². The number of hydrogen-bond acceptors (Lipinski definition) is 2. The fraction of sp³-hybridized carbons (Fsp3) is 1.00. The Kier molecular flexibility index (Phi) is 10.6. The van der Waals surface area contributed by atoms with Crippen LogP contribution in [0.1, 0.15) is 45.4 Å². The molecule has 0 aliphatic heterocycles. The minimum absolute atomic E-state index is 0.787. The van der Waals surface area contributed by atoms with Crippen molar-refractivity contribution in [2.75, 3.05) is 11.6 Å². The topological polar surface area (TPSA) is 26.0 Å². The van der Waals surface area contributed by atoms with Gasteiger partial charge in [0.1, 0.15) is 0 Å². The lowest BCUT2D eigenvalue weighted by molar-refractivity contribution is 0.627. The van der Waals surface area contributed by atoms with Crippen LogP contribution in [0.15, 0.2) is 0 Å². The zero-order valence-corrected chi connectivity index (χ0v) is 8.46. The Morgan fingerprint density at radius 3 is 2.27 bits per heavy atom. The molecule has 0 aromatic heterocycles. The summed E-state index contributed by atoms with van der Waals surface area (Å²) < 4.78 is 0. The van der Waals surface area contributed by atoms with Gasteiger partial charge in [0, 0.05) is 5.88 Å². The van der Waals surface area contributed by atoms with Crippen LogP contribution in [0.2, 0.25) is 0 Å². The van der Waals surface area contributed by atoms with E-state index in [9.17, 15) is 0 Å². The summed E-state index contributed by atoms with van der Waals surface area (Å²) in [5.74, 6) is 2.04. The molecule has 0 saturated heterocycles. The van der Waals surface area contributed by atoms with Crippen LogP contribution in [0.5, 0.6) is 0 Å². The zero-order chi connectivity index (χ0) is 8.36. The van der Waals surface area contributed by atoms with Crippen LogP contribution in [0.3, 0.4) is 0 Å². The van der Waals surface area contributed by atoms with E-state index in [1.165, 1.54) is 44.3 Å². The summed E-state index contributed by atoms with van der Waals surface area (Å²) in [5.41, 5.74) is 5.35. The van der Waals surface area contributed by atoms with E-state index in [1.807, 2.05) is 11.8 Å². The van der Waals surface area contributed by atoms with Gasteiger partial charge in [-0.3, -0.25) is 0 Å². The van der Waals surface area contributed by atoms with Crippen molar-refractivity contribution in [3.05, 3.63) is 0 Å². The van der Waals surface area contributed by atoms with Crippen LogP contribution in [0.4, 0.5) is 0 Å².